The van der Waals surface area contributed by atoms with Gasteiger partial charge in [0.1, 0.15) is 0 Å². The minimum atomic E-state index is 0. The zero-order valence-corrected chi connectivity index (χ0v) is 24.0. The second kappa shape index (κ2) is 14.7. The van der Waals surface area contributed by atoms with Crippen LogP contribution in [0.1, 0.15) is 62.6 Å². The van der Waals surface area contributed by atoms with E-state index in [4.69, 9.17) is 6.57 Å². The summed E-state index contributed by atoms with van der Waals surface area (Å²) >= 11 is 0. The van der Waals surface area contributed by atoms with Gasteiger partial charge in [0.15, 0.2) is 11.7 Å². The Kier molecular flexibility index (Phi) is 13.1. The van der Waals surface area contributed by atoms with Gasteiger partial charge < -0.3 is 9.80 Å². The Morgan fingerprint density at radius 3 is 1.94 bits per heavy atom. The van der Waals surface area contributed by atoms with Crippen LogP contribution in [0.4, 0.5) is 11.4 Å². The van der Waals surface area contributed by atoms with E-state index in [9.17, 15) is 4.79 Å². The fourth-order valence-corrected chi connectivity index (χ4v) is 4.93. The molecule has 175 valence electrons. The van der Waals surface area contributed by atoms with Gasteiger partial charge in [0.2, 0.25) is 0 Å². The quantitative estimate of drug-likeness (QED) is 0.333. The van der Waals surface area contributed by atoms with Gasteiger partial charge in [-0.3, -0.25) is 4.79 Å². The molecule has 1 saturated heterocycles. The van der Waals surface area contributed by atoms with Crippen LogP contribution in [-0.4, -0.2) is 36.1 Å². The molecule has 3 rings (SSSR count). The van der Waals surface area contributed by atoms with Crippen molar-refractivity contribution in [3.63, 3.8) is 0 Å². The van der Waals surface area contributed by atoms with Crippen LogP contribution >= 0.6 is 0 Å². The van der Waals surface area contributed by atoms with Gasteiger partial charge in [-0.1, -0.05) is 55.0 Å². The molecule has 1 atom stereocenters. The van der Waals surface area contributed by atoms with Crippen molar-refractivity contribution < 1.29 is 42.0 Å². The topological polar surface area (TPSA) is 33.5 Å². The van der Waals surface area contributed by atoms with Gasteiger partial charge >= 0.3 is 0 Å². The minimum absolute atomic E-state index is 0. The number of likely N-dealkylation sites (tertiary alicyclic amines) is 1. The fourth-order valence-electron chi connectivity index (χ4n) is 4.93. The summed E-state index contributed by atoms with van der Waals surface area (Å²) in [7, 11) is 0. The van der Waals surface area contributed by atoms with Gasteiger partial charge in [0.05, 0.1) is 26.2 Å². The van der Waals surface area contributed by atoms with E-state index in [1.807, 2.05) is 44.2 Å². The molecule has 1 radical (unpaired) electrons. The number of rotatable bonds is 5. The molecule has 1 heterocycles. The summed E-state index contributed by atoms with van der Waals surface area (Å²) in [6.45, 7) is 20.8. The van der Waals surface area contributed by atoms with E-state index in [2.05, 4.69) is 43.1 Å². The first-order chi connectivity index (χ1) is 15.4. The Hall–Kier alpha value is -1.54. The molecule has 4 nitrogen and oxygen atoms in total. The molecule has 0 spiro atoms. The van der Waals surface area contributed by atoms with E-state index < -0.39 is 0 Å². The van der Waals surface area contributed by atoms with Crippen LogP contribution in [0.5, 0.6) is 0 Å². The molecule has 1 fully saturated rings. The van der Waals surface area contributed by atoms with Gasteiger partial charge in [0, 0.05) is 44.8 Å². The standard InChI is InChI=1S/C21H31N3O.C7H8.Y/c1-6-19(24(7-2)12-10-8-9-11-13-24)21(25)23-20-16(3)14-18(22-5)15-17(20)4;1-7-5-3-2-4-6-7;/h14-15,19H,6-13H2,1-4H3;2-6H,1H3;/p+1. The average Bonchev–Trinajstić information content (AvgIpc) is 3.04. The molecule has 1 N–H and O–H groups in total. The molecular formula is C28H40N3OY+. The van der Waals surface area contributed by atoms with Crippen LogP contribution in [-0.2, 0) is 37.5 Å². The number of nitrogens with one attached hydrogen (secondary N) is 1. The number of hydrogen-bond donors (Lipinski definition) is 1. The van der Waals surface area contributed by atoms with Crippen LogP contribution in [0.2, 0.25) is 0 Å². The van der Waals surface area contributed by atoms with E-state index in [-0.39, 0.29) is 44.7 Å². The first-order valence-corrected chi connectivity index (χ1v) is 12.0. The number of anilines is 1. The number of carbonyl (C=O) groups is 1. The van der Waals surface area contributed by atoms with Crippen LogP contribution in [0.15, 0.2) is 42.5 Å². The number of carbonyl (C=O) groups excluding carboxylic acids is 1. The number of aryl methyl sites for hydroxylation is 3. The van der Waals surface area contributed by atoms with Crippen LogP contribution in [0.25, 0.3) is 4.85 Å². The Bertz CT molecular complexity index is 889. The Morgan fingerprint density at radius 1 is 1.00 bits per heavy atom. The Morgan fingerprint density at radius 2 is 1.55 bits per heavy atom. The fraction of sp³-hybridized carbons (Fsp3) is 0.500. The second-order valence-corrected chi connectivity index (χ2v) is 9.03. The normalized spacial score (nSPS) is 15.5. The summed E-state index contributed by atoms with van der Waals surface area (Å²) in [6, 6.07) is 14.0. The third-order valence-electron chi connectivity index (χ3n) is 6.77. The largest absolute Gasteiger partial charge is 0.321 e. The Labute approximate surface area is 226 Å². The van der Waals surface area contributed by atoms with Crippen molar-refractivity contribution in [3.05, 3.63) is 70.6 Å². The molecule has 0 aromatic heterocycles. The summed E-state index contributed by atoms with van der Waals surface area (Å²) < 4.78 is 0.917. The first-order valence-electron chi connectivity index (χ1n) is 12.0. The summed E-state index contributed by atoms with van der Waals surface area (Å²) in [4.78, 5) is 16.7. The Balaban J connectivity index is 0.000000581. The molecule has 1 unspecified atom stereocenters. The van der Waals surface area contributed by atoms with E-state index in [1.54, 1.807) is 0 Å². The molecular weight excluding hydrogens is 483 g/mol. The molecule has 33 heavy (non-hydrogen) atoms. The van der Waals surface area contributed by atoms with E-state index in [0.717, 1.165) is 47.4 Å². The van der Waals surface area contributed by atoms with Gasteiger partial charge in [-0.05, 0) is 64.5 Å². The van der Waals surface area contributed by atoms with E-state index in [0.29, 0.717) is 5.69 Å². The van der Waals surface area contributed by atoms with Gasteiger partial charge in [-0.25, -0.2) is 4.85 Å². The van der Waals surface area contributed by atoms with Crippen LogP contribution in [0, 0.1) is 27.3 Å². The second-order valence-electron chi connectivity index (χ2n) is 9.03. The maximum Gasteiger partial charge on any atom is 0.282 e. The third-order valence-corrected chi connectivity index (χ3v) is 6.77. The third kappa shape index (κ3) is 8.32. The molecule has 5 heteroatoms. The number of benzene rings is 2. The van der Waals surface area contributed by atoms with Gasteiger partial charge in [-0.15, -0.1) is 0 Å². The summed E-state index contributed by atoms with van der Waals surface area (Å²) in [6.07, 6.45) is 5.87. The zero-order valence-electron chi connectivity index (χ0n) is 21.2. The first kappa shape index (κ1) is 29.5. The predicted octanol–water partition coefficient (Wildman–Crippen LogP) is 6.97. The van der Waals surface area contributed by atoms with E-state index >= 15 is 0 Å². The number of nitrogens with zero attached hydrogens (tertiary/aromatic N) is 2. The summed E-state index contributed by atoms with van der Waals surface area (Å²) in [5.41, 5.74) is 4.76. The number of quaternary nitrogens is 1. The van der Waals surface area contributed by atoms with Crippen molar-refractivity contribution in [2.24, 2.45) is 0 Å². The van der Waals surface area contributed by atoms with E-state index in [1.165, 1.54) is 31.2 Å². The number of amides is 1. The molecule has 2 aromatic carbocycles. The van der Waals surface area contributed by atoms with Crippen LogP contribution < -0.4 is 5.32 Å². The number of hydrogen-bond acceptors (Lipinski definition) is 1. The molecule has 0 saturated carbocycles. The molecule has 0 bridgehead atoms. The molecule has 2 aromatic rings. The van der Waals surface area contributed by atoms with Crippen molar-refractivity contribution >= 4 is 17.3 Å². The minimum Gasteiger partial charge on any atom is -0.321 e. The number of likely N-dealkylation sites (N-methyl/N-ethyl adjacent to an activating group) is 1. The van der Waals surface area contributed by atoms with Crippen molar-refractivity contribution in [2.45, 2.75) is 72.8 Å². The van der Waals surface area contributed by atoms with Crippen molar-refractivity contribution in [1.29, 1.82) is 0 Å². The molecule has 1 amide bonds. The van der Waals surface area contributed by atoms with Crippen molar-refractivity contribution in [3.8, 4) is 0 Å². The summed E-state index contributed by atoms with van der Waals surface area (Å²) in [5, 5.41) is 3.20. The average molecular weight is 524 g/mol. The zero-order chi connectivity index (χ0) is 23.6. The molecule has 1 aliphatic heterocycles. The van der Waals surface area contributed by atoms with Crippen molar-refractivity contribution in [2.75, 3.05) is 25.0 Å². The maximum absolute atomic E-state index is 13.2. The van der Waals surface area contributed by atoms with Crippen LogP contribution in [0.3, 0.4) is 0 Å². The van der Waals surface area contributed by atoms with Crippen molar-refractivity contribution in [1.82, 2.24) is 0 Å². The SMILES string of the molecule is Cc1ccccc1.[C-]#[N+]c1cc(C)c(NC(=O)C(CC)[N+]2(CC)CCCCCC2)c(C)c1.[Y]. The molecule has 0 aliphatic carbocycles. The monoisotopic (exact) mass is 523 g/mol. The van der Waals surface area contributed by atoms with Gasteiger partial charge in [-0.2, -0.15) is 0 Å². The maximum atomic E-state index is 13.2. The molecule has 1 aliphatic rings. The predicted molar refractivity (Wildman–Crippen MR) is 135 cm³/mol. The van der Waals surface area contributed by atoms with Gasteiger partial charge in [0.25, 0.3) is 5.91 Å². The summed E-state index contributed by atoms with van der Waals surface area (Å²) in [5.74, 6) is 0.132. The smallest absolute Gasteiger partial charge is 0.282 e.